The lowest BCUT2D eigenvalue weighted by Gasteiger charge is -2.03. The Morgan fingerprint density at radius 3 is 2.71 bits per heavy atom. The third-order valence-electron chi connectivity index (χ3n) is 2.69. The Hall–Kier alpha value is -3.21. The van der Waals surface area contributed by atoms with E-state index in [4.69, 9.17) is 16.4 Å². The van der Waals surface area contributed by atoms with Crippen LogP contribution in [0.2, 0.25) is 0 Å². The van der Waals surface area contributed by atoms with Crippen molar-refractivity contribution in [2.24, 2.45) is 10.8 Å². The molecule has 0 saturated heterocycles. The fraction of sp³-hybridized carbons (Fsp3) is 0.154. The zero-order chi connectivity index (χ0) is 15.2. The molecule has 106 valence electrons. The minimum Gasteiger partial charge on any atom is -0.382 e. The lowest BCUT2D eigenvalue weighted by atomic mass is 10.3. The average molecular weight is 282 g/mol. The third-order valence-corrected chi connectivity index (χ3v) is 2.69. The molecule has 0 unspecified atom stereocenters. The van der Waals surface area contributed by atoms with Crippen LogP contribution in [0.3, 0.4) is 0 Å². The van der Waals surface area contributed by atoms with Gasteiger partial charge in [-0.2, -0.15) is 10.4 Å². The quantitative estimate of drug-likeness (QED) is 0.429. The molecule has 1 aromatic heterocycles. The predicted molar refractivity (Wildman–Crippen MR) is 79.3 cm³/mol. The number of nitriles is 1. The Bertz CT molecular complexity index is 705. The number of aryl methyl sites for hydroxylation is 1. The molecule has 21 heavy (non-hydrogen) atoms. The molecular weight excluding hydrogens is 268 g/mol. The summed E-state index contributed by atoms with van der Waals surface area (Å²) in [5.74, 6) is -0.378. The Morgan fingerprint density at radius 2 is 2.19 bits per heavy atom. The van der Waals surface area contributed by atoms with E-state index in [1.807, 2.05) is 25.3 Å². The first-order valence-corrected chi connectivity index (χ1v) is 6.24. The second-order valence-electron chi connectivity index (χ2n) is 4.15. The lowest BCUT2D eigenvalue weighted by molar-refractivity contribution is 0.798. The molecule has 0 bridgehead atoms. The van der Waals surface area contributed by atoms with Crippen LogP contribution in [0.5, 0.6) is 0 Å². The monoisotopic (exact) mass is 282 g/mol. The van der Waals surface area contributed by atoms with Crippen molar-refractivity contribution in [2.45, 2.75) is 13.3 Å². The molecule has 0 amide bonds. The summed E-state index contributed by atoms with van der Waals surface area (Å²) < 4.78 is 1.68. The number of hydrogen-bond donors (Lipinski definition) is 3. The number of hydrogen-bond acceptors (Lipinski definition) is 6. The summed E-state index contributed by atoms with van der Waals surface area (Å²) in [4.78, 5) is 0. The van der Waals surface area contributed by atoms with Gasteiger partial charge in [0.15, 0.2) is 5.84 Å². The van der Waals surface area contributed by atoms with E-state index in [2.05, 4.69) is 20.8 Å². The first-order chi connectivity index (χ1) is 10.1. The number of anilines is 1. The SMILES string of the molecule is CCc1cn(-c2ccc(N/N=C(\C#N)C(=N)N)cc2)nn1. The fourth-order valence-electron chi connectivity index (χ4n) is 1.54. The van der Waals surface area contributed by atoms with Gasteiger partial charge in [0.2, 0.25) is 5.71 Å². The van der Waals surface area contributed by atoms with Crippen LogP contribution in [0.4, 0.5) is 5.69 Å². The predicted octanol–water partition coefficient (Wildman–Crippen LogP) is 1.06. The number of aromatic nitrogens is 3. The summed E-state index contributed by atoms with van der Waals surface area (Å²) in [7, 11) is 0. The van der Waals surface area contributed by atoms with Crippen molar-refractivity contribution in [2.75, 3.05) is 5.43 Å². The maximum Gasteiger partial charge on any atom is 0.201 e. The van der Waals surface area contributed by atoms with Gasteiger partial charge in [-0.3, -0.25) is 10.8 Å². The molecule has 0 aliphatic heterocycles. The lowest BCUT2D eigenvalue weighted by Crippen LogP contribution is -2.21. The van der Waals surface area contributed by atoms with E-state index in [9.17, 15) is 0 Å². The van der Waals surface area contributed by atoms with Crippen LogP contribution in [0.25, 0.3) is 5.69 Å². The van der Waals surface area contributed by atoms with Gasteiger partial charge in [0.25, 0.3) is 0 Å². The fourth-order valence-corrected chi connectivity index (χ4v) is 1.54. The van der Waals surface area contributed by atoms with Crippen molar-refractivity contribution >= 4 is 17.2 Å². The van der Waals surface area contributed by atoms with Crippen LogP contribution < -0.4 is 11.2 Å². The van der Waals surface area contributed by atoms with Crippen molar-refractivity contribution in [3.63, 3.8) is 0 Å². The highest BCUT2D eigenvalue weighted by Gasteiger charge is 2.03. The summed E-state index contributed by atoms with van der Waals surface area (Å²) in [5.41, 5.74) is 10.2. The van der Waals surface area contributed by atoms with Crippen molar-refractivity contribution in [3.8, 4) is 11.8 Å². The first kappa shape index (κ1) is 14.2. The van der Waals surface area contributed by atoms with Gasteiger partial charge in [0.1, 0.15) is 6.07 Å². The van der Waals surface area contributed by atoms with Crippen LogP contribution in [-0.4, -0.2) is 26.5 Å². The van der Waals surface area contributed by atoms with E-state index in [1.165, 1.54) is 0 Å². The number of benzene rings is 1. The summed E-state index contributed by atoms with van der Waals surface area (Å²) in [6, 6.07) is 8.97. The smallest absolute Gasteiger partial charge is 0.201 e. The number of hydrazone groups is 1. The van der Waals surface area contributed by atoms with Gasteiger partial charge in [0, 0.05) is 0 Å². The van der Waals surface area contributed by atoms with E-state index >= 15 is 0 Å². The number of amidine groups is 1. The van der Waals surface area contributed by atoms with Gasteiger partial charge >= 0.3 is 0 Å². The molecule has 8 heteroatoms. The van der Waals surface area contributed by atoms with Crippen molar-refractivity contribution in [1.29, 1.82) is 10.7 Å². The van der Waals surface area contributed by atoms with Crippen LogP contribution in [0.1, 0.15) is 12.6 Å². The van der Waals surface area contributed by atoms with Crippen LogP contribution in [0, 0.1) is 16.7 Å². The molecule has 0 atom stereocenters. The molecule has 0 aliphatic rings. The molecule has 1 aromatic carbocycles. The summed E-state index contributed by atoms with van der Waals surface area (Å²) in [5, 5.41) is 27.7. The Balaban J connectivity index is 2.12. The number of rotatable bonds is 5. The standard InChI is InChI=1S/C13H14N8/c1-2-9-8-21(20-18-9)11-5-3-10(4-6-11)17-19-12(7-14)13(15)16/h3-6,8,17H,2H2,1H3,(H3,15,16)/b19-12+. The Labute approximate surface area is 121 Å². The molecule has 8 nitrogen and oxygen atoms in total. The zero-order valence-corrected chi connectivity index (χ0v) is 11.4. The van der Waals surface area contributed by atoms with E-state index < -0.39 is 0 Å². The van der Waals surface area contributed by atoms with Gasteiger partial charge in [-0.1, -0.05) is 12.1 Å². The number of nitrogens with zero attached hydrogens (tertiary/aromatic N) is 5. The van der Waals surface area contributed by atoms with Crippen LogP contribution in [-0.2, 0) is 6.42 Å². The molecule has 1 heterocycles. The Kier molecular flexibility index (Phi) is 4.26. The normalized spacial score (nSPS) is 11.0. The molecule has 4 N–H and O–H groups in total. The van der Waals surface area contributed by atoms with Gasteiger partial charge in [0.05, 0.1) is 23.3 Å². The van der Waals surface area contributed by atoms with E-state index in [0.717, 1.165) is 17.8 Å². The summed E-state index contributed by atoms with van der Waals surface area (Å²) >= 11 is 0. The van der Waals surface area contributed by atoms with Crippen molar-refractivity contribution in [3.05, 3.63) is 36.2 Å². The van der Waals surface area contributed by atoms with E-state index in [1.54, 1.807) is 22.9 Å². The van der Waals surface area contributed by atoms with Crippen LogP contribution in [0.15, 0.2) is 35.6 Å². The van der Waals surface area contributed by atoms with E-state index in [0.29, 0.717) is 5.69 Å². The summed E-state index contributed by atoms with van der Waals surface area (Å²) in [6.45, 7) is 2.02. The van der Waals surface area contributed by atoms with Crippen LogP contribution >= 0.6 is 0 Å². The Morgan fingerprint density at radius 1 is 1.48 bits per heavy atom. The van der Waals surface area contributed by atoms with Gasteiger partial charge in [-0.15, -0.1) is 5.10 Å². The highest BCUT2D eigenvalue weighted by molar-refractivity contribution is 6.45. The highest BCUT2D eigenvalue weighted by Crippen LogP contribution is 2.13. The van der Waals surface area contributed by atoms with Gasteiger partial charge < -0.3 is 5.73 Å². The average Bonchev–Trinajstić information content (AvgIpc) is 2.97. The largest absolute Gasteiger partial charge is 0.382 e. The molecule has 0 saturated carbocycles. The van der Waals surface area contributed by atoms with E-state index in [-0.39, 0.29) is 11.5 Å². The molecule has 0 spiro atoms. The topological polar surface area (TPSA) is 129 Å². The molecule has 2 aromatic rings. The van der Waals surface area contributed by atoms with Crippen molar-refractivity contribution < 1.29 is 0 Å². The number of nitrogens with one attached hydrogen (secondary N) is 2. The summed E-state index contributed by atoms with van der Waals surface area (Å²) in [6.07, 6.45) is 2.69. The molecule has 0 radical (unpaired) electrons. The highest BCUT2D eigenvalue weighted by atomic mass is 15.4. The maximum atomic E-state index is 8.73. The van der Waals surface area contributed by atoms with Crippen molar-refractivity contribution in [1.82, 2.24) is 15.0 Å². The zero-order valence-electron chi connectivity index (χ0n) is 11.4. The molecule has 0 aliphatic carbocycles. The first-order valence-electron chi connectivity index (χ1n) is 6.24. The maximum absolute atomic E-state index is 8.73. The molecular formula is C13H14N8. The molecule has 0 fully saturated rings. The minimum absolute atomic E-state index is 0.164. The second-order valence-corrected chi connectivity index (χ2v) is 4.15. The minimum atomic E-state index is -0.378. The second kappa shape index (κ2) is 6.29. The molecule has 2 rings (SSSR count). The third kappa shape index (κ3) is 3.42. The van der Waals surface area contributed by atoms with Gasteiger partial charge in [-0.25, -0.2) is 4.68 Å². The number of nitrogens with two attached hydrogens (primary N) is 1. The van der Waals surface area contributed by atoms with Gasteiger partial charge in [-0.05, 0) is 30.7 Å².